The van der Waals surface area contributed by atoms with E-state index in [2.05, 4.69) is 21.7 Å². The summed E-state index contributed by atoms with van der Waals surface area (Å²) in [5.74, 6) is 2.13. The largest absolute Gasteiger partial charge is 0.327 e. The molecule has 4 aliphatic rings. The molecule has 1 aromatic heterocycles. The van der Waals surface area contributed by atoms with E-state index in [1.807, 2.05) is 0 Å². The number of aromatic nitrogens is 2. The van der Waals surface area contributed by atoms with Crippen LogP contribution in [0.3, 0.4) is 0 Å². The fourth-order valence-corrected chi connectivity index (χ4v) is 4.13. The smallest absolute Gasteiger partial charge is 0.106 e. The lowest BCUT2D eigenvalue weighted by Crippen LogP contribution is -2.48. The van der Waals surface area contributed by atoms with Crippen molar-refractivity contribution in [2.75, 3.05) is 26.2 Å². The van der Waals surface area contributed by atoms with E-state index in [4.69, 9.17) is 4.98 Å². The van der Waals surface area contributed by atoms with Gasteiger partial charge in [0.05, 0.1) is 11.7 Å². The summed E-state index contributed by atoms with van der Waals surface area (Å²) in [7, 11) is 0. The van der Waals surface area contributed by atoms with Gasteiger partial charge in [-0.05, 0) is 38.8 Å². The highest BCUT2D eigenvalue weighted by atomic mass is 15.2. The molecule has 4 aliphatic heterocycles. The number of hydrogen-bond donors (Lipinski definition) is 1. The molecule has 1 aromatic rings. The van der Waals surface area contributed by atoms with Crippen LogP contribution >= 0.6 is 0 Å². The van der Waals surface area contributed by atoms with Crippen molar-refractivity contribution < 1.29 is 0 Å². The lowest BCUT2D eigenvalue weighted by atomic mass is 9.83. The van der Waals surface area contributed by atoms with Gasteiger partial charge in [-0.2, -0.15) is 0 Å². The van der Waals surface area contributed by atoms with Gasteiger partial charge in [0.25, 0.3) is 0 Å². The van der Waals surface area contributed by atoms with E-state index in [-0.39, 0.29) is 0 Å². The summed E-state index contributed by atoms with van der Waals surface area (Å²) in [5, 5.41) is 3.43. The Hall–Kier alpha value is -0.870. The van der Waals surface area contributed by atoms with Crippen LogP contribution in [0.25, 0.3) is 0 Å². The van der Waals surface area contributed by atoms with E-state index >= 15 is 0 Å². The van der Waals surface area contributed by atoms with Crippen LogP contribution in [0.15, 0.2) is 0 Å². The van der Waals surface area contributed by atoms with Crippen molar-refractivity contribution in [1.82, 2.24) is 19.8 Å². The third-order valence-electron chi connectivity index (χ3n) is 5.05. The zero-order chi connectivity index (χ0) is 12.1. The molecule has 1 atom stereocenters. The molecule has 5 rings (SSSR count). The van der Waals surface area contributed by atoms with E-state index in [0.29, 0.717) is 6.04 Å². The predicted octanol–water partition coefficient (Wildman–Crippen LogP) is 1.10. The molecule has 98 valence electrons. The van der Waals surface area contributed by atoms with Crippen molar-refractivity contribution in [3.63, 3.8) is 0 Å². The molecule has 3 saturated heterocycles. The average molecular weight is 246 g/mol. The number of fused-ring (bicyclic) bond motifs is 4. The molecule has 0 amide bonds. The maximum atomic E-state index is 4.79. The van der Waals surface area contributed by atoms with Gasteiger partial charge in [-0.1, -0.05) is 0 Å². The number of nitrogens with zero attached hydrogens (tertiary/aromatic N) is 3. The van der Waals surface area contributed by atoms with Gasteiger partial charge in [-0.3, -0.25) is 0 Å². The number of aryl methyl sites for hydroxylation is 1. The highest BCUT2D eigenvalue weighted by molar-refractivity contribution is 5.21. The topological polar surface area (TPSA) is 33.1 Å². The molecule has 2 bridgehead atoms. The molecule has 0 saturated carbocycles. The summed E-state index contributed by atoms with van der Waals surface area (Å²) in [6.07, 6.45) is 3.92. The van der Waals surface area contributed by atoms with Gasteiger partial charge in [0, 0.05) is 31.7 Å². The first-order chi connectivity index (χ1) is 8.83. The normalized spacial score (nSPS) is 34.6. The summed E-state index contributed by atoms with van der Waals surface area (Å²) in [6, 6.07) is 0.696. The van der Waals surface area contributed by atoms with E-state index in [1.165, 1.54) is 49.7 Å². The van der Waals surface area contributed by atoms with Crippen molar-refractivity contribution in [2.24, 2.45) is 5.92 Å². The lowest BCUT2D eigenvalue weighted by Gasteiger charge is -2.46. The Bertz CT molecular complexity index is 457. The summed E-state index contributed by atoms with van der Waals surface area (Å²) in [5.41, 5.74) is 2.82. The van der Waals surface area contributed by atoms with Crippen molar-refractivity contribution >= 4 is 0 Å². The van der Waals surface area contributed by atoms with E-state index in [9.17, 15) is 0 Å². The standard InChI is InChI=1S/C14H22N4/c1-10-16-12-8-15-5-2-13(12)18(10)14-9-17-6-3-11(14)4-7-17/h11,14-15H,2-9H2,1H3. The van der Waals surface area contributed by atoms with Gasteiger partial charge < -0.3 is 14.8 Å². The van der Waals surface area contributed by atoms with Crippen molar-refractivity contribution in [3.05, 3.63) is 17.2 Å². The molecule has 4 nitrogen and oxygen atoms in total. The summed E-state index contributed by atoms with van der Waals surface area (Å²) < 4.78 is 2.59. The number of imidazole rings is 1. The summed E-state index contributed by atoms with van der Waals surface area (Å²) in [6.45, 7) is 8.15. The highest BCUT2D eigenvalue weighted by Crippen LogP contribution is 2.37. The van der Waals surface area contributed by atoms with E-state index < -0.39 is 0 Å². The van der Waals surface area contributed by atoms with Gasteiger partial charge in [-0.15, -0.1) is 0 Å². The second-order valence-electron chi connectivity index (χ2n) is 6.05. The third kappa shape index (κ3) is 1.55. The average Bonchev–Trinajstić information content (AvgIpc) is 2.75. The molecule has 1 unspecified atom stereocenters. The van der Waals surface area contributed by atoms with Gasteiger partial charge in [0.2, 0.25) is 0 Å². The van der Waals surface area contributed by atoms with Crippen LogP contribution in [0, 0.1) is 12.8 Å². The van der Waals surface area contributed by atoms with Gasteiger partial charge in [0.15, 0.2) is 0 Å². The first kappa shape index (κ1) is 11.0. The molecule has 5 heterocycles. The Morgan fingerprint density at radius 2 is 2.11 bits per heavy atom. The van der Waals surface area contributed by atoms with E-state index in [0.717, 1.165) is 25.4 Å². The Morgan fingerprint density at radius 3 is 2.83 bits per heavy atom. The van der Waals surface area contributed by atoms with Crippen LogP contribution in [-0.2, 0) is 13.0 Å². The molecule has 0 aromatic carbocycles. The van der Waals surface area contributed by atoms with Crippen LogP contribution in [-0.4, -0.2) is 40.6 Å². The number of rotatable bonds is 1. The Labute approximate surface area is 108 Å². The number of hydrogen-bond acceptors (Lipinski definition) is 3. The Morgan fingerprint density at radius 1 is 1.28 bits per heavy atom. The lowest BCUT2D eigenvalue weighted by molar-refractivity contribution is 0.0547. The second kappa shape index (κ2) is 4.07. The van der Waals surface area contributed by atoms with E-state index in [1.54, 1.807) is 0 Å². The zero-order valence-electron chi connectivity index (χ0n) is 11.2. The second-order valence-corrected chi connectivity index (χ2v) is 6.05. The maximum Gasteiger partial charge on any atom is 0.106 e. The number of nitrogens with one attached hydrogen (secondary N) is 1. The van der Waals surface area contributed by atoms with Crippen molar-refractivity contribution in [2.45, 2.75) is 38.8 Å². The van der Waals surface area contributed by atoms with Crippen LogP contribution in [0.4, 0.5) is 0 Å². The van der Waals surface area contributed by atoms with Gasteiger partial charge in [-0.25, -0.2) is 4.98 Å². The number of piperidine rings is 3. The minimum atomic E-state index is 0.696. The molecular weight excluding hydrogens is 224 g/mol. The van der Waals surface area contributed by atoms with Crippen molar-refractivity contribution in [3.8, 4) is 0 Å². The summed E-state index contributed by atoms with van der Waals surface area (Å²) in [4.78, 5) is 7.43. The molecule has 0 aliphatic carbocycles. The molecule has 0 radical (unpaired) electrons. The Kier molecular flexibility index (Phi) is 2.49. The van der Waals surface area contributed by atoms with Crippen molar-refractivity contribution in [1.29, 1.82) is 0 Å². The SMILES string of the molecule is Cc1nc2c(n1C1CN3CCC1CC3)CCNC2. The molecular formula is C14H22N4. The van der Waals surface area contributed by atoms with Crippen LogP contribution in [0.1, 0.15) is 36.1 Å². The minimum absolute atomic E-state index is 0.696. The van der Waals surface area contributed by atoms with Crippen LogP contribution < -0.4 is 5.32 Å². The maximum absolute atomic E-state index is 4.79. The molecule has 3 fully saturated rings. The quantitative estimate of drug-likeness (QED) is 0.805. The van der Waals surface area contributed by atoms with Crippen LogP contribution in [0.5, 0.6) is 0 Å². The third-order valence-corrected chi connectivity index (χ3v) is 5.05. The zero-order valence-corrected chi connectivity index (χ0v) is 11.2. The predicted molar refractivity (Wildman–Crippen MR) is 70.6 cm³/mol. The first-order valence-electron chi connectivity index (χ1n) is 7.32. The first-order valence-corrected chi connectivity index (χ1v) is 7.32. The molecule has 4 heteroatoms. The van der Waals surface area contributed by atoms with Gasteiger partial charge >= 0.3 is 0 Å². The monoisotopic (exact) mass is 246 g/mol. The van der Waals surface area contributed by atoms with Gasteiger partial charge in [0.1, 0.15) is 5.82 Å². The fraction of sp³-hybridized carbons (Fsp3) is 0.786. The van der Waals surface area contributed by atoms with Crippen LogP contribution in [0.2, 0.25) is 0 Å². The Balaban J connectivity index is 1.74. The fourth-order valence-electron chi connectivity index (χ4n) is 4.13. The summed E-state index contributed by atoms with van der Waals surface area (Å²) >= 11 is 0. The molecule has 18 heavy (non-hydrogen) atoms. The minimum Gasteiger partial charge on any atom is -0.327 e. The molecule has 0 spiro atoms. The molecule has 1 N–H and O–H groups in total. The highest BCUT2D eigenvalue weighted by Gasteiger charge is 2.37.